The fourth-order valence-corrected chi connectivity index (χ4v) is 3.11. The van der Waals surface area contributed by atoms with Crippen molar-refractivity contribution in [2.45, 2.75) is 27.2 Å². The fourth-order valence-electron chi connectivity index (χ4n) is 3.11. The molecule has 0 heteroatoms. The van der Waals surface area contributed by atoms with Crippen molar-refractivity contribution in [3.8, 4) is 0 Å². The Labute approximate surface area is 126 Å². The predicted octanol–water partition coefficient (Wildman–Crippen LogP) is 4.62. The summed E-state index contributed by atoms with van der Waals surface area (Å²) in [6, 6.07) is 17.8. The topological polar surface area (TPSA) is 0 Å². The maximum atomic E-state index is 2.40. The summed E-state index contributed by atoms with van der Waals surface area (Å²) >= 11 is 0. The van der Waals surface area contributed by atoms with Gasteiger partial charge in [0, 0.05) is 0 Å². The van der Waals surface area contributed by atoms with Crippen LogP contribution in [0.3, 0.4) is 0 Å². The molecule has 0 saturated carbocycles. The van der Waals surface area contributed by atoms with E-state index in [9.17, 15) is 0 Å². The average Bonchev–Trinajstić information content (AvgIpc) is 2.54. The van der Waals surface area contributed by atoms with Crippen LogP contribution in [0, 0.1) is 5.92 Å². The SMILES string of the molecule is CC.C[C@H]1C=c2ccc3cc4ccccc4cc3c2=CC1. The third-order valence-electron chi connectivity index (χ3n) is 4.12. The molecule has 0 radical (unpaired) electrons. The monoisotopic (exact) mass is 274 g/mol. The van der Waals surface area contributed by atoms with Crippen LogP contribution < -0.4 is 10.4 Å². The minimum Gasteiger partial charge on any atom is -0.0755 e. The Balaban J connectivity index is 0.000000636. The molecular formula is C21H22. The third-order valence-corrected chi connectivity index (χ3v) is 4.12. The number of hydrogen-bond donors (Lipinski definition) is 0. The van der Waals surface area contributed by atoms with Gasteiger partial charge in [0.05, 0.1) is 0 Å². The highest BCUT2D eigenvalue weighted by Crippen LogP contribution is 2.20. The van der Waals surface area contributed by atoms with Crippen molar-refractivity contribution in [1.82, 2.24) is 0 Å². The van der Waals surface area contributed by atoms with E-state index in [1.54, 1.807) is 0 Å². The molecule has 106 valence electrons. The van der Waals surface area contributed by atoms with Gasteiger partial charge in [-0.1, -0.05) is 69.3 Å². The van der Waals surface area contributed by atoms with Gasteiger partial charge in [0.2, 0.25) is 0 Å². The molecular weight excluding hydrogens is 252 g/mol. The van der Waals surface area contributed by atoms with Crippen molar-refractivity contribution < 1.29 is 0 Å². The molecule has 0 aromatic heterocycles. The van der Waals surface area contributed by atoms with Crippen molar-refractivity contribution >= 4 is 33.7 Å². The van der Waals surface area contributed by atoms with Gasteiger partial charge in [-0.3, -0.25) is 0 Å². The molecule has 0 fully saturated rings. The first-order valence-corrected chi connectivity index (χ1v) is 7.95. The summed E-state index contributed by atoms with van der Waals surface area (Å²) in [6.45, 7) is 6.28. The van der Waals surface area contributed by atoms with Crippen molar-refractivity contribution in [1.29, 1.82) is 0 Å². The molecule has 0 spiro atoms. The van der Waals surface area contributed by atoms with E-state index in [0.717, 1.165) is 6.42 Å². The van der Waals surface area contributed by atoms with Crippen LogP contribution >= 0.6 is 0 Å². The standard InChI is InChI=1S/C19H16.C2H6/c1-13-6-9-18-16(10-13)7-8-17-11-14-4-2-3-5-15(14)12-19(17)18;1-2/h2-5,7-13H,6H2,1H3;1-2H3/t13-;/m1./s1. The highest BCUT2D eigenvalue weighted by atomic mass is 14.1. The van der Waals surface area contributed by atoms with Crippen LogP contribution in [0.5, 0.6) is 0 Å². The van der Waals surface area contributed by atoms with E-state index in [2.05, 4.69) is 67.6 Å². The zero-order valence-corrected chi connectivity index (χ0v) is 13.1. The minimum atomic E-state index is 0.658. The van der Waals surface area contributed by atoms with Crippen LogP contribution in [0.25, 0.3) is 33.7 Å². The lowest BCUT2D eigenvalue weighted by molar-refractivity contribution is 0.801. The van der Waals surface area contributed by atoms with Gasteiger partial charge in [-0.2, -0.15) is 0 Å². The maximum absolute atomic E-state index is 2.40. The number of rotatable bonds is 0. The second-order valence-electron chi connectivity index (χ2n) is 5.57. The fraction of sp³-hybridized carbons (Fsp3) is 0.238. The molecule has 0 amide bonds. The summed E-state index contributed by atoms with van der Waals surface area (Å²) in [4.78, 5) is 0. The number of fused-ring (bicyclic) bond motifs is 4. The summed E-state index contributed by atoms with van der Waals surface area (Å²) < 4.78 is 0. The molecule has 0 unspecified atom stereocenters. The highest BCUT2D eigenvalue weighted by molar-refractivity contribution is 5.98. The second kappa shape index (κ2) is 5.73. The summed E-state index contributed by atoms with van der Waals surface area (Å²) in [5.74, 6) is 0.658. The zero-order chi connectivity index (χ0) is 14.8. The molecule has 0 bridgehead atoms. The molecule has 0 saturated heterocycles. The summed E-state index contributed by atoms with van der Waals surface area (Å²) in [5.41, 5.74) is 0. The van der Waals surface area contributed by atoms with Crippen molar-refractivity contribution in [2.75, 3.05) is 0 Å². The first-order valence-electron chi connectivity index (χ1n) is 7.95. The molecule has 0 aliphatic heterocycles. The van der Waals surface area contributed by atoms with E-state index in [-0.39, 0.29) is 0 Å². The van der Waals surface area contributed by atoms with Crippen LogP contribution in [0.2, 0.25) is 0 Å². The Morgan fingerprint density at radius 1 is 0.857 bits per heavy atom. The normalized spacial score (nSPS) is 16.4. The Hall–Kier alpha value is -2.08. The van der Waals surface area contributed by atoms with Gasteiger partial charge in [-0.05, 0) is 56.5 Å². The van der Waals surface area contributed by atoms with E-state index in [4.69, 9.17) is 0 Å². The minimum absolute atomic E-state index is 0.658. The molecule has 1 atom stereocenters. The van der Waals surface area contributed by atoms with E-state index in [1.165, 1.54) is 32.0 Å². The average molecular weight is 274 g/mol. The molecule has 0 N–H and O–H groups in total. The van der Waals surface area contributed by atoms with Crippen LogP contribution in [0.4, 0.5) is 0 Å². The molecule has 0 nitrogen and oxygen atoms in total. The lowest BCUT2D eigenvalue weighted by Gasteiger charge is -2.10. The molecule has 21 heavy (non-hydrogen) atoms. The summed E-state index contributed by atoms with van der Waals surface area (Å²) in [7, 11) is 0. The smallest absolute Gasteiger partial charge is 0.0102 e. The molecule has 0 heterocycles. The van der Waals surface area contributed by atoms with Gasteiger partial charge < -0.3 is 0 Å². The van der Waals surface area contributed by atoms with Gasteiger partial charge in [0.25, 0.3) is 0 Å². The Morgan fingerprint density at radius 3 is 2.33 bits per heavy atom. The van der Waals surface area contributed by atoms with Gasteiger partial charge in [-0.15, -0.1) is 0 Å². The molecule has 3 aromatic carbocycles. The van der Waals surface area contributed by atoms with Crippen molar-refractivity contribution in [3.05, 3.63) is 59.0 Å². The Bertz CT molecular complexity index is 900. The van der Waals surface area contributed by atoms with Gasteiger partial charge in [0.15, 0.2) is 0 Å². The van der Waals surface area contributed by atoms with Gasteiger partial charge >= 0.3 is 0 Å². The van der Waals surface area contributed by atoms with E-state index in [1.807, 2.05) is 13.8 Å². The van der Waals surface area contributed by atoms with Crippen molar-refractivity contribution in [3.63, 3.8) is 0 Å². The van der Waals surface area contributed by atoms with Crippen molar-refractivity contribution in [2.24, 2.45) is 5.92 Å². The number of benzene rings is 3. The van der Waals surface area contributed by atoms with E-state index < -0.39 is 0 Å². The highest BCUT2D eigenvalue weighted by Gasteiger charge is 2.05. The Morgan fingerprint density at radius 2 is 1.57 bits per heavy atom. The number of hydrogen-bond acceptors (Lipinski definition) is 0. The largest absolute Gasteiger partial charge is 0.0755 e. The first-order chi connectivity index (χ1) is 10.3. The first kappa shape index (κ1) is 13.9. The lowest BCUT2D eigenvalue weighted by Crippen LogP contribution is -2.29. The molecule has 1 aliphatic carbocycles. The van der Waals surface area contributed by atoms with Gasteiger partial charge in [-0.25, -0.2) is 0 Å². The van der Waals surface area contributed by atoms with E-state index >= 15 is 0 Å². The maximum Gasteiger partial charge on any atom is -0.0102 e. The zero-order valence-electron chi connectivity index (χ0n) is 13.1. The molecule has 1 aliphatic rings. The third kappa shape index (κ3) is 2.47. The summed E-state index contributed by atoms with van der Waals surface area (Å²) in [6.07, 6.45) is 5.94. The van der Waals surface area contributed by atoms with Crippen LogP contribution in [-0.2, 0) is 0 Å². The van der Waals surface area contributed by atoms with Crippen LogP contribution in [0.15, 0.2) is 48.5 Å². The van der Waals surface area contributed by atoms with Gasteiger partial charge in [0.1, 0.15) is 0 Å². The van der Waals surface area contributed by atoms with Crippen LogP contribution in [-0.4, -0.2) is 0 Å². The quantitative estimate of drug-likeness (QED) is 0.525. The molecule has 4 rings (SSSR count). The van der Waals surface area contributed by atoms with Crippen LogP contribution in [0.1, 0.15) is 27.2 Å². The predicted molar refractivity (Wildman–Crippen MR) is 94.8 cm³/mol. The lowest BCUT2D eigenvalue weighted by atomic mass is 9.94. The summed E-state index contributed by atoms with van der Waals surface area (Å²) in [5, 5.41) is 8.19. The van der Waals surface area contributed by atoms with E-state index in [0.29, 0.717) is 5.92 Å². The molecule has 3 aromatic rings. The second-order valence-corrected chi connectivity index (χ2v) is 5.57. The Kier molecular flexibility index (Phi) is 3.79.